The summed E-state index contributed by atoms with van der Waals surface area (Å²) in [5.74, 6) is 0. The van der Waals surface area contributed by atoms with Crippen molar-refractivity contribution in [2.24, 2.45) is 0 Å². The zero-order chi connectivity index (χ0) is 13.5. The molecule has 96 valence electrons. The van der Waals surface area contributed by atoms with Crippen LogP contribution in [0.5, 0.6) is 0 Å². The zero-order valence-electron chi connectivity index (χ0n) is 11.4. The lowest BCUT2D eigenvalue weighted by molar-refractivity contribution is 1.21. The lowest BCUT2D eigenvalue weighted by atomic mass is 9.91. The van der Waals surface area contributed by atoms with E-state index in [1.807, 2.05) is 0 Å². The number of hydrogen-bond donors (Lipinski definition) is 0. The first kappa shape index (κ1) is 11.5. The van der Waals surface area contributed by atoms with Crippen LogP contribution in [0.15, 0.2) is 67.3 Å². The molecule has 2 aliphatic carbocycles. The van der Waals surface area contributed by atoms with Crippen LogP contribution in [0.25, 0.3) is 16.7 Å². The summed E-state index contributed by atoms with van der Waals surface area (Å²) in [4.78, 5) is 0. The summed E-state index contributed by atoms with van der Waals surface area (Å²) >= 11 is 0. The molecule has 0 saturated heterocycles. The van der Waals surface area contributed by atoms with E-state index in [-0.39, 0.29) is 0 Å². The number of hydrogen-bond acceptors (Lipinski definition) is 0. The minimum Gasteiger partial charge on any atom is -0.0911 e. The second-order valence-electron chi connectivity index (χ2n) is 5.52. The quantitative estimate of drug-likeness (QED) is 0.534. The van der Waals surface area contributed by atoms with Gasteiger partial charge in [-0.15, -0.1) is 0 Å². The Hall–Kier alpha value is -2.34. The molecule has 2 aliphatic rings. The monoisotopic (exact) mass is 256 g/mol. The summed E-state index contributed by atoms with van der Waals surface area (Å²) in [6.45, 7) is 4.21. The van der Waals surface area contributed by atoms with Gasteiger partial charge in [-0.1, -0.05) is 55.1 Å². The molecule has 0 saturated carbocycles. The molecule has 0 radical (unpaired) electrons. The Kier molecular flexibility index (Phi) is 2.50. The van der Waals surface area contributed by atoms with E-state index in [0.717, 1.165) is 18.4 Å². The molecule has 2 aromatic carbocycles. The summed E-state index contributed by atoms with van der Waals surface area (Å²) in [6.07, 6.45) is 10.5. The number of fused-ring (bicyclic) bond motifs is 4. The van der Waals surface area contributed by atoms with E-state index in [4.69, 9.17) is 0 Å². The van der Waals surface area contributed by atoms with Crippen LogP contribution in [-0.4, -0.2) is 0 Å². The van der Waals surface area contributed by atoms with Gasteiger partial charge in [0.2, 0.25) is 0 Å². The SMILES string of the molecule is C=C1/C=C\C=C/Cc2cc3c(cc21)Cc1ccccc1-3. The molecule has 0 N–H and O–H groups in total. The standard InChI is InChI=1S/C20H16/c1-14-7-3-2-4-8-16-12-20-17(13-19(14)16)11-15-9-5-6-10-18(15)20/h2-7,9-10,12-13H,1,8,11H2/b4-2-,7-3-. The van der Waals surface area contributed by atoms with E-state index in [0.29, 0.717) is 0 Å². The van der Waals surface area contributed by atoms with Crippen LogP contribution in [0.2, 0.25) is 0 Å². The molecule has 0 bridgehead atoms. The molecule has 0 aromatic heterocycles. The first-order valence-corrected chi connectivity index (χ1v) is 7.09. The van der Waals surface area contributed by atoms with Gasteiger partial charge in [0.1, 0.15) is 0 Å². The van der Waals surface area contributed by atoms with Gasteiger partial charge < -0.3 is 0 Å². The topological polar surface area (TPSA) is 0 Å². The molecule has 0 heteroatoms. The zero-order valence-corrected chi connectivity index (χ0v) is 11.4. The van der Waals surface area contributed by atoms with E-state index in [1.54, 1.807) is 0 Å². The minimum absolute atomic E-state index is 0.980. The van der Waals surface area contributed by atoms with Crippen molar-refractivity contribution in [2.45, 2.75) is 12.8 Å². The number of allylic oxidation sites excluding steroid dienone is 5. The van der Waals surface area contributed by atoms with E-state index in [2.05, 4.69) is 67.3 Å². The lowest BCUT2D eigenvalue weighted by Crippen LogP contribution is -1.95. The van der Waals surface area contributed by atoms with Gasteiger partial charge in [0.15, 0.2) is 0 Å². The molecular formula is C20H16. The average molecular weight is 256 g/mol. The van der Waals surface area contributed by atoms with Crippen LogP contribution in [0.4, 0.5) is 0 Å². The second-order valence-corrected chi connectivity index (χ2v) is 5.52. The predicted octanol–water partition coefficient (Wildman–Crippen LogP) is 4.94. The van der Waals surface area contributed by atoms with Gasteiger partial charge in [-0.2, -0.15) is 0 Å². The minimum atomic E-state index is 0.980. The first-order valence-electron chi connectivity index (χ1n) is 7.09. The third-order valence-electron chi connectivity index (χ3n) is 4.25. The highest BCUT2D eigenvalue weighted by Gasteiger charge is 2.20. The molecule has 2 aromatic rings. The van der Waals surface area contributed by atoms with Crippen molar-refractivity contribution < 1.29 is 0 Å². The normalized spacial score (nSPS) is 18.5. The highest BCUT2D eigenvalue weighted by atomic mass is 14.2. The van der Waals surface area contributed by atoms with Crippen molar-refractivity contribution in [1.29, 1.82) is 0 Å². The van der Waals surface area contributed by atoms with Crippen LogP contribution < -0.4 is 0 Å². The molecule has 0 aliphatic heterocycles. The summed E-state index contributed by atoms with van der Waals surface area (Å²) in [7, 11) is 0. The van der Waals surface area contributed by atoms with Crippen LogP contribution in [0.3, 0.4) is 0 Å². The highest BCUT2D eigenvalue weighted by Crippen LogP contribution is 2.39. The van der Waals surface area contributed by atoms with E-state index in [1.165, 1.54) is 33.4 Å². The Labute approximate surface area is 119 Å². The van der Waals surface area contributed by atoms with Crippen molar-refractivity contribution in [3.63, 3.8) is 0 Å². The van der Waals surface area contributed by atoms with Crippen LogP contribution in [0, 0.1) is 0 Å². The predicted molar refractivity (Wildman–Crippen MR) is 85.7 cm³/mol. The van der Waals surface area contributed by atoms with E-state index < -0.39 is 0 Å². The Morgan fingerprint density at radius 2 is 1.65 bits per heavy atom. The third-order valence-corrected chi connectivity index (χ3v) is 4.25. The summed E-state index contributed by atoms with van der Waals surface area (Å²) in [5, 5.41) is 0. The van der Waals surface area contributed by atoms with Gasteiger partial charge in [0.25, 0.3) is 0 Å². The largest absolute Gasteiger partial charge is 0.0911 e. The van der Waals surface area contributed by atoms with Crippen LogP contribution in [0.1, 0.15) is 22.3 Å². The fourth-order valence-electron chi connectivity index (χ4n) is 3.23. The maximum absolute atomic E-state index is 4.21. The molecule has 0 spiro atoms. The summed E-state index contributed by atoms with van der Waals surface area (Å²) in [6, 6.07) is 13.4. The fraction of sp³-hybridized carbons (Fsp3) is 0.100. The van der Waals surface area contributed by atoms with Gasteiger partial charge in [-0.3, -0.25) is 0 Å². The Balaban J connectivity index is 1.93. The van der Waals surface area contributed by atoms with Crippen molar-refractivity contribution in [2.75, 3.05) is 0 Å². The number of rotatable bonds is 0. The van der Waals surface area contributed by atoms with Crippen molar-refractivity contribution in [3.05, 3.63) is 89.5 Å². The van der Waals surface area contributed by atoms with Crippen LogP contribution >= 0.6 is 0 Å². The van der Waals surface area contributed by atoms with E-state index in [9.17, 15) is 0 Å². The maximum atomic E-state index is 4.21. The van der Waals surface area contributed by atoms with E-state index >= 15 is 0 Å². The second kappa shape index (κ2) is 4.35. The Bertz CT molecular complexity index is 773. The molecule has 4 rings (SSSR count). The molecule has 0 fully saturated rings. The molecule has 0 nitrogen and oxygen atoms in total. The molecule has 20 heavy (non-hydrogen) atoms. The fourth-order valence-corrected chi connectivity index (χ4v) is 3.23. The van der Waals surface area contributed by atoms with Crippen molar-refractivity contribution >= 4 is 5.57 Å². The van der Waals surface area contributed by atoms with Crippen molar-refractivity contribution in [3.8, 4) is 11.1 Å². The third kappa shape index (κ3) is 1.69. The Morgan fingerprint density at radius 3 is 2.60 bits per heavy atom. The smallest absolute Gasteiger partial charge is 0.00132 e. The molecule has 0 heterocycles. The van der Waals surface area contributed by atoms with Gasteiger partial charge in [0.05, 0.1) is 0 Å². The Morgan fingerprint density at radius 1 is 0.800 bits per heavy atom. The lowest BCUT2D eigenvalue weighted by Gasteiger charge is -2.13. The first-order chi connectivity index (χ1) is 9.83. The van der Waals surface area contributed by atoms with Gasteiger partial charge in [-0.05, 0) is 63.9 Å². The van der Waals surface area contributed by atoms with Gasteiger partial charge in [0, 0.05) is 0 Å². The summed E-state index contributed by atoms with van der Waals surface area (Å²) < 4.78 is 0. The maximum Gasteiger partial charge on any atom is -0.00132 e. The van der Waals surface area contributed by atoms with Crippen molar-refractivity contribution in [1.82, 2.24) is 0 Å². The van der Waals surface area contributed by atoms with Gasteiger partial charge in [-0.25, -0.2) is 0 Å². The molecular weight excluding hydrogens is 240 g/mol. The highest BCUT2D eigenvalue weighted by molar-refractivity contribution is 5.83. The van der Waals surface area contributed by atoms with Crippen LogP contribution in [-0.2, 0) is 12.8 Å². The van der Waals surface area contributed by atoms with Gasteiger partial charge >= 0.3 is 0 Å². The molecule has 0 amide bonds. The summed E-state index contributed by atoms with van der Waals surface area (Å²) in [5.41, 5.74) is 9.48. The molecule has 0 atom stereocenters. The number of benzene rings is 2. The molecule has 0 unspecified atom stereocenters. The average Bonchev–Trinajstić information content (AvgIpc) is 2.81.